The van der Waals surface area contributed by atoms with E-state index in [0.717, 1.165) is 18.7 Å². The summed E-state index contributed by atoms with van der Waals surface area (Å²) in [4.78, 5) is 23.3. The van der Waals surface area contributed by atoms with Crippen molar-refractivity contribution in [3.8, 4) is 17.2 Å². The SMILES string of the molecule is C=CC(=O)N1CCC(n2nnc3c(N4CC(N(C)C)C4)nc4c(F)c(-c5cccc(C)c5)c(Cl)cc4c32)C[C@H]1CC#N. The third-order valence-corrected chi connectivity index (χ3v) is 8.89. The number of rotatable bonds is 6. The minimum Gasteiger partial charge on any atom is -0.351 e. The number of hydrogen-bond acceptors (Lipinski definition) is 7. The molecule has 6 rings (SSSR count). The number of likely N-dealkylation sites (N-methyl/N-ethyl adjacent to an activating group) is 1. The van der Waals surface area contributed by atoms with E-state index < -0.39 is 5.82 Å². The molecule has 2 aromatic carbocycles. The van der Waals surface area contributed by atoms with Crippen LogP contribution in [-0.2, 0) is 4.79 Å². The molecule has 1 unspecified atom stereocenters. The predicted octanol–water partition coefficient (Wildman–Crippen LogP) is 5.13. The number of pyridine rings is 1. The number of aromatic nitrogens is 4. The van der Waals surface area contributed by atoms with Gasteiger partial charge in [0, 0.05) is 42.7 Å². The second kappa shape index (κ2) is 11.0. The van der Waals surface area contributed by atoms with E-state index in [1.54, 1.807) is 11.0 Å². The van der Waals surface area contributed by atoms with E-state index in [0.29, 0.717) is 58.8 Å². The maximum Gasteiger partial charge on any atom is 0.246 e. The van der Waals surface area contributed by atoms with Crippen molar-refractivity contribution < 1.29 is 9.18 Å². The number of carbonyl (C=O) groups is 1. The molecular formula is C31H32ClFN8O. The molecule has 0 radical (unpaired) electrons. The summed E-state index contributed by atoms with van der Waals surface area (Å²) in [6.07, 6.45) is 2.58. The third kappa shape index (κ3) is 4.67. The van der Waals surface area contributed by atoms with Crippen LogP contribution in [0.4, 0.5) is 10.2 Å². The molecule has 11 heteroatoms. The van der Waals surface area contributed by atoms with Gasteiger partial charge in [-0.05, 0) is 51.6 Å². The van der Waals surface area contributed by atoms with Gasteiger partial charge < -0.3 is 14.7 Å². The number of fused-ring (bicyclic) bond motifs is 3. The molecule has 42 heavy (non-hydrogen) atoms. The monoisotopic (exact) mass is 586 g/mol. The Morgan fingerprint density at radius 2 is 2.07 bits per heavy atom. The van der Waals surface area contributed by atoms with E-state index in [1.165, 1.54) is 6.08 Å². The highest BCUT2D eigenvalue weighted by molar-refractivity contribution is 6.34. The van der Waals surface area contributed by atoms with Crippen LogP contribution in [0.2, 0.25) is 5.02 Å². The fraction of sp³-hybridized carbons (Fsp3) is 0.387. The molecule has 2 atom stereocenters. The zero-order chi connectivity index (χ0) is 29.7. The molecule has 2 aromatic heterocycles. The first-order valence-electron chi connectivity index (χ1n) is 14.1. The lowest BCUT2D eigenvalue weighted by molar-refractivity contribution is -0.130. The summed E-state index contributed by atoms with van der Waals surface area (Å²) < 4.78 is 18.4. The highest BCUT2D eigenvalue weighted by atomic mass is 35.5. The van der Waals surface area contributed by atoms with Crippen molar-refractivity contribution in [1.29, 1.82) is 5.26 Å². The molecule has 216 valence electrons. The summed E-state index contributed by atoms with van der Waals surface area (Å²) in [5.41, 5.74) is 3.44. The zero-order valence-corrected chi connectivity index (χ0v) is 24.6. The van der Waals surface area contributed by atoms with Gasteiger partial charge in [0.05, 0.1) is 23.6 Å². The Kier molecular flexibility index (Phi) is 7.33. The fourth-order valence-corrected chi connectivity index (χ4v) is 6.51. The minimum atomic E-state index is -0.488. The van der Waals surface area contributed by atoms with Crippen molar-refractivity contribution in [2.45, 2.75) is 44.3 Å². The Labute approximate surface area is 248 Å². The van der Waals surface area contributed by atoms with Gasteiger partial charge in [-0.25, -0.2) is 14.1 Å². The highest BCUT2D eigenvalue weighted by Crippen LogP contribution is 2.42. The quantitative estimate of drug-likeness (QED) is 0.289. The van der Waals surface area contributed by atoms with Crippen molar-refractivity contribution in [3.05, 3.63) is 59.4 Å². The van der Waals surface area contributed by atoms with Crippen LogP contribution >= 0.6 is 11.6 Å². The lowest BCUT2D eigenvalue weighted by atomic mass is 9.94. The van der Waals surface area contributed by atoms with Gasteiger partial charge in [0.25, 0.3) is 0 Å². The van der Waals surface area contributed by atoms with E-state index in [1.807, 2.05) is 50.0 Å². The molecule has 0 saturated carbocycles. The largest absolute Gasteiger partial charge is 0.351 e. The first kappa shape index (κ1) is 28.1. The highest BCUT2D eigenvalue weighted by Gasteiger charge is 2.36. The van der Waals surface area contributed by atoms with Gasteiger partial charge in [-0.1, -0.05) is 53.2 Å². The molecule has 2 saturated heterocycles. The maximum atomic E-state index is 16.6. The molecule has 0 aliphatic carbocycles. The van der Waals surface area contributed by atoms with E-state index in [4.69, 9.17) is 16.6 Å². The Bertz CT molecular complexity index is 1760. The number of nitrogens with zero attached hydrogens (tertiary/aromatic N) is 8. The summed E-state index contributed by atoms with van der Waals surface area (Å²) in [5.74, 6) is -0.0941. The minimum absolute atomic E-state index is 0.162. The molecule has 9 nitrogen and oxygen atoms in total. The van der Waals surface area contributed by atoms with Crippen LogP contribution in [0.3, 0.4) is 0 Å². The van der Waals surface area contributed by atoms with Crippen LogP contribution in [0, 0.1) is 24.1 Å². The topological polar surface area (TPSA) is 94.2 Å². The van der Waals surface area contributed by atoms with Gasteiger partial charge in [-0.15, -0.1) is 5.10 Å². The van der Waals surface area contributed by atoms with Crippen molar-refractivity contribution in [2.75, 3.05) is 38.6 Å². The van der Waals surface area contributed by atoms with Gasteiger partial charge in [-0.3, -0.25) is 4.79 Å². The Hall–Kier alpha value is -4.07. The molecule has 4 heterocycles. The molecule has 4 aromatic rings. The lowest BCUT2D eigenvalue weighted by Gasteiger charge is -2.43. The van der Waals surface area contributed by atoms with Crippen LogP contribution in [-0.4, -0.2) is 81.5 Å². The van der Waals surface area contributed by atoms with Gasteiger partial charge in [0.2, 0.25) is 5.91 Å². The van der Waals surface area contributed by atoms with Crippen LogP contribution in [0.25, 0.3) is 33.1 Å². The molecule has 2 aliphatic heterocycles. The first-order valence-corrected chi connectivity index (χ1v) is 14.4. The van der Waals surface area contributed by atoms with Crippen LogP contribution in [0.1, 0.15) is 30.9 Å². The van der Waals surface area contributed by atoms with E-state index >= 15 is 4.39 Å². The van der Waals surface area contributed by atoms with Crippen LogP contribution in [0.5, 0.6) is 0 Å². The summed E-state index contributed by atoms with van der Waals surface area (Å²) in [7, 11) is 4.08. The number of anilines is 1. The lowest BCUT2D eigenvalue weighted by Crippen LogP contribution is -2.57. The Morgan fingerprint density at radius 1 is 1.29 bits per heavy atom. The van der Waals surface area contributed by atoms with E-state index in [2.05, 4.69) is 32.8 Å². The standard InChI is InChI=1S/C31H32ClFN8O/c1-5-25(42)40-12-10-21(14-20(40)9-11-34)41-30-23-15-24(32)26(19-8-6-7-18(2)13-19)27(33)28(23)35-31(29(30)36-37-41)39-16-22(17-39)38(3)4/h5-8,13,15,20-22H,1,9-10,12,14,16-17H2,2-4H3/t20-,21?/m1/s1. The number of piperidine rings is 1. The summed E-state index contributed by atoms with van der Waals surface area (Å²) in [6.45, 7) is 7.49. The number of benzene rings is 2. The number of aryl methyl sites for hydroxylation is 1. The van der Waals surface area contributed by atoms with Crippen LogP contribution in [0.15, 0.2) is 43.0 Å². The number of amides is 1. The van der Waals surface area contributed by atoms with E-state index in [-0.39, 0.29) is 35.0 Å². The van der Waals surface area contributed by atoms with Crippen molar-refractivity contribution in [2.24, 2.45) is 0 Å². The van der Waals surface area contributed by atoms with E-state index in [9.17, 15) is 10.1 Å². The first-order chi connectivity index (χ1) is 20.2. The van der Waals surface area contributed by atoms with Gasteiger partial charge >= 0.3 is 0 Å². The number of hydrogen-bond donors (Lipinski definition) is 0. The van der Waals surface area contributed by atoms with Gasteiger partial charge in [0.15, 0.2) is 17.2 Å². The number of halogens is 2. The Balaban J connectivity index is 1.53. The second-order valence-electron chi connectivity index (χ2n) is 11.4. The Morgan fingerprint density at radius 3 is 2.76 bits per heavy atom. The van der Waals surface area contributed by atoms with Crippen molar-refractivity contribution in [1.82, 2.24) is 29.8 Å². The molecule has 2 fully saturated rings. The molecular weight excluding hydrogens is 555 g/mol. The number of nitriles is 1. The molecule has 1 amide bonds. The average molecular weight is 587 g/mol. The summed E-state index contributed by atoms with van der Waals surface area (Å²) in [5, 5.41) is 19.5. The smallest absolute Gasteiger partial charge is 0.246 e. The summed E-state index contributed by atoms with van der Waals surface area (Å²) >= 11 is 6.81. The fourth-order valence-electron chi connectivity index (χ4n) is 6.21. The van der Waals surface area contributed by atoms with Crippen LogP contribution < -0.4 is 4.90 Å². The van der Waals surface area contributed by atoms with Crippen molar-refractivity contribution in [3.63, 3.8) is 0 Å². The molecule has 0 N–H and O–H groups in total. The van der Waals surface area contributed by atoms with Gasteiger partial charge in [0.1, 0.15) is 11.0 Å². The average Bonchev–Trinajstić information content (AvgIpc) is 3.38. The van der Waals surface area contributed by atoms with Crippen molar-refractivity contribution >= 4 is 45.3 Å². The molecule has 0 bridgehead atoms. The molecule has 0 spiro atoms. The third-order valence-electron chi connectivity index (χ3n) is 8.59. The maximum absolute atomic E-state index is 16.6. The summed E-state index contributed by atoms with van der Waals surface area (Å²) in [6, 6.07) is 11.5. The number of carbonyl (C=O) groups excluding carboxylic acids is 1. The number of likely N-dealkylation sites (tertiary alicyclic amines) is 1. The van der Waals surface area contributed by atoms with Gasteiger partial charge in [-0.2, -0.15) is 5.26 Å². The normalized spacial score (nSPS) is 19.4. The zero-order valence-electron chi connectivity index (χ0n) is 23.9. The second-order valence-corrected chi connectivity index (χ2v) is 11.8. The molecule has 2 aliphatic rings. The predicted molar refractivity (Wildman–Crippen MR) is 162 cm³/mol.